The van der Waals surface area contributed by atoms with E-state index in [0.29, 0.717) is 12.6 Å². The summed E-state index contributed by atoms with van der Waals surface area (Å²) < 4.78 is 1.99. The standard InChI is InChI=1S/C19H28N6S.HI/c1-15-23-24-18(25(15)2)14-21-19(22-16-8-6-7-9-16)20-12-13-26-17-10-4-3-5-11-17;/h3-5,10-11,16H,6-9,12-14H2,1-2H3,(H2,20,21,22);1H. The average molecular weight is 500 g/mol. The molecule has 2 aromatic rings. The Morgan fingerprint density at radius 2 is 1.96 bits per heavy atom. The zero-order valence-corrected chi connectivity index (χ0v) is 19.2. The van der Waals surface area contributed by atoms with E-state index in [4.69, 9.17) is 4.99 Å². The van der Waals surface area contributed by atoms with Crippen molar-refractivity contribution in [2.45, 2.75) is 50.1 Å². The lowest BCUT2D eigenvalue weighted by Crippen LogP contribution is -2.43. The number of nitrogens with one attached hydrogen (secondary N) is 2. The van der Waals surface area contributed by atoms with Crippen molar-refractivity contribution in [1.29, 1.82) is 0 Å². The largest absolute Gasteiger partial charge is 0.356 e. The molecule has 0 aliphatic heterocycles. The van der Waals surface area contributed by atoms with Crippen molar-refractivity contribution in [2.75, 3.05) is 12.3 Å². The highest BCUT2D eigenvalue weighted by atomic mass is 127. The summed E-state index contributed by atoms with van der Waals surface area (Å²) in [4.78, 5) is 6.04. The van der Waals surface area contributed by atoms with E-state index in [0.717, 1.165) is 29.9 Å². The van der Waals surface area contributed by atoms with Crippen molar-refractivity contribution < 1.29 is 0 Å². The summed E-state index contributed by atoms with van der Waals surface area (Å²) in [6, 6.07) is 11.0. The minimum Gasteiger partial charge on any atom is -0.356 e. The van der Waals surface area contributed by atoms with Crippen LogP contribution in [0.4, 0.5) is 0 Å². The second-order valence-electron chi connectivity index (χ2n) is 6.60. The van der Waals surface area contributed by atoms with Crippen molar-refractivity contribution in [3.63, 3.8) is 0 Å². The van der Waals surface area contributed by atoms with Gasteiger partial charge in [-0.2, -0.15) is 0 Å². The third kappa shape index (κ3) is 6.99. The molecule has 1 saturated carbocycles. The smallest absolute Gasteiger partial charge is 0.191 e. The normalized spacial score (nSPS) is 14.8. The number of hydrogen-bond donors (Lipinski definition) is 2. The summed E-state index contributed by atoms with van der Waals surface area (Å²) in [5, 5.41) is 15.4. The molecule has 148 valence electrons. The highest BCUT2D eigenvalue weighted by molar-refractivity contribution is 14.0. The van der Waals surface area contributed by atoms with Crippen molar-refractivity contribution in [3.05, 3.63) is 42.0 Å². The Morgan fingerprint density at radius 3 is 2.63 bits per heavy atom. The van der Waals surface area contributed by atoms with Crippen molar-refractivity contribution in [3.8, 4) is 0 Å². The first kappa shape index (κ1) is 22.0. The van der Waals surface area contributed by atoms with Gasteiger partial charge in [0, 0.05) is 30.3 Å². The quantitative estimate of drug-likeness (QED) is 0.200. The Bertz CT molecular complexity index is 712. The fraction of sp³-hybridized carbons (Fsp3) is 0.526. The van der Waals surface area contributed by atoms with E-state index in [1.54, 1.807) is 0 Å². The van der Waals surface area contributed by atoms with Crippen LogP contribution in [0.5, 0.6) is 0 Å². The molecular weight excluding hydrogens is 471 g/mol. The molecule has 27 heavy (non-hydrogen) atoms. The van der Waals surface area contributed by atoms with Gasteiger partial charge in [0.1, 0.15) is 12.4 Å². The summed E-state index contributed by atoms with van der Waals surface area (Å²) in [7, 11) is 1.98. The van der Waals surface area contributed by atoms with Crippen LogP contribution >= 0.6 is 35.7 Å². The van der Waals surface area contributed by atoms with Gasteiger partial charge in [0.2, 0.25) is 0 Å². The lowest BCUT2D eigenvalue weighted by atomic mass is 10.2. The fourth-order valence-corrected chi connectivity index (χ4v) is 3.80. The maximum atomic E-state index is 4.74. The van der Waals surface area contributed by atoms with Gasteiger partial charge in [-0.25, -0.2) is 4.99 Å². The summed E-state index contributed by atoms with van der Waals surface area (Å²) in [6.45, 7) is 3.36. The number of benzene rings is 1. The predicted molar refractivity (Wildman–Crippen MR) is 123 cm³/mol. The van der Waals surface area contributed by atoms with E-state index in [1.165, 1.54) is 30.6 Å². The van der Waals surface area contributed by atoms with Gasteiger partial charge in [-0.1, -0.05) is 31.0 Å². The Kier molecular flexibility index (Phi) is 9.40. The molecule has 1 aromatic heterocycles. The van der Waals surface area contributed by atoms with E-state index in [1.807, 2.05) is 36.4 Å². The van der Waals surface area contributed by atoms with Crippen LogP contribution in [0.1, 0.15) is 37.3 Å². The van der Waals surface area contributed by atoms with Crippen LogP contribution in [0.2, 0.25) is 0 Å². The van der Waals surface area contributed by atoms with Crippen LogP contribution in [0, 0.1) is 6.92 Å². The maximum absolute atomic E-state index is 4.74. The number of guanidine groups is 1. The molecule has 8 heteroatoms. The third-order valence-electron chi connectivity index (χ3n) is 4.66. The molecule has 3 rings (SSSR count). The summed E-state index contributed by atoms with van der Waals surface area (Å²) >= 11 is 1.85. The number of rotatable bonds is 7. The molecule has 0 spiro atoms. The first-order valence-corrected chi connectivity index (χ1v) is 10.3. The SMILES string of the molecule is Cc1nnc(CN=C(NCCSc2ccccc2)NC2CCCC2)n1C.I. The van der Waals surface area contributed by atoms with E-state index < -0.39 is 0 Å². The molecule has 0 atom stereocenters. The fourth-order valence-electron chi connectivity index (χ4n) is 3.01. The van der Waals surface area contributed by atoms with Crippen LogP contribution in [0.3, 0.4) is 0 Å². The number of aryl methyl sites for hydroxylation is 1. The second-order valence-corrected chi connectivity index (χ2v) is 7.77. The monoisotopic (exact) mass is 500 g/mol. The van der Waals surface area contributed by atoms with E-state index in [9.17, 15) is 0 Å². The van der Waals surface area contributed by atoms with E-state index in [-0.39, 0.29) is 24.0 Å². The Balaban J connectivity index is 0.00000261. The first-order valence-electron chi connectivity index (χ1n) is 9.30. The molecule has 6 nitrogen and oxygen atoms in total. The first-order chi connectivity index (χ1) is 12.7. The Morgan fingerprint density at radius 1 is 1.22 bits per heavy atom. The van der Waals surface area contributed by atoms with Gasteiger partial charge >= 0.3 is 0 Å². The molecule has 1 aliphatic carbocycles. The number of nitrogens with zero attached hydrogens (tertiary/aromatic N) is 4. The minimum atomic E-state index is 0. The van der Waals surface area contributed by atoms with Crippen molar-refractivity contribution >= 4 is 41.7 Å². The second kappa shape index (κ2) is 11.5. The van der Waals surface area contributed by atoms with Gasteiger partial charge in [-0.05, 0) is 31.9 Å². The van der Waals surface area contributed by atoms with Crippen LogP contribution in [0.15, 0.2) is 40.2 Å². The number of thioether (sulfide) groups is 1. The maximum Gasteiger partial charge on any atom is 0.191 e. The average Bonchev–Trinajstić information content (AvgIpc) is 3.28. The van der Waals surface area contributed by atoms with Crippen LogP contribution in [-0.4, -0.2) is 39.1 Å². The topological polar surface area (TPSA) is 67.1 Å². The summed E-state index contributed by atoms with van der Waals surface area (Å²) in [6.07, 6.45) is 5.06. The van der Waals surface area contributed by atoms with Gasteiger partial charge < -0.3 is 15.2 Å². The number of aliphatic imine (C=N–C) groups is 1. The van der Waals surface area contributed by atoms with Crippen LogP contribution < -0.4 is 10.6 Å². The third-order valence-corrected chi connectivity index (χ3v) is 5.68. The number of halogens is 1. The van der Waals surface area contributed by atoms with Crippen LogP contribution in [0.25, 0.3) is 0 Å². The lowest BCUT2D eigenvalue weighted by molar-refractivity contribution is 0.612. The zero-order chi connectivity index (χ0) is 18.2. The highest BCUT2D eigenvalue weighted by Crippen LogP contribution is 2.18. The zero-order valence-electron chi connectivity index (χ0n) is 16.0. The molecule has 0 unspecified atom stereocenters. The van der Waals surface area contributed by atoms with Crippen LogP contribution in [-0.2, 0) is 13.6 Å². The van der Waals surface area contributed by atoms with E-state index >= 15 is 0 Å². The predicted octanol–water partition coefficient (Wildman–Crippen LogP) is 3.51. The van der Waals surface area contributed by atoms with Crippen molar-refractivity contribution in [1.82, 2.24) is 25.4 Å². The summed E-state index contributed by atoms with van der Waals surface area (Å²) in [5.41, 5.74) is 0. The molecule has 1 fully saturated rings. The molecular formula is C19H29IN6S. The van der Waals surface area contributed by atoms with Gasteiger partial charge in [0.05, 0.1) is 0 Å². The highest BCUT2D eigenvalue weighted by Gasteiger charge is 2.16. The minimum absolute atomic E-state index is 0. The molecule has 1 aromatic carbocycles. The molecule has 0 saturated heterocycles. The summed E-state index contributed by atoms with van der Waals surface area (Å²) in [5.74, 6) is 3.67. The molecule has 1 heterocycles. The van der Waals surface area contributed by atoms with E-state index in [2.05, 4.69) is 45.1 Å². The van der Waals surface area contributed by atoms with Gasteiger partial charge in [-0.3, -0.25) is 0 Å². The molecule has 1 aliphatic rings. The number of hydrogen-bond acceptors (Lipinski definition) is 4. The number of aromatic nitrogens is 3. The Labute approximate surface area is 183 Å². The molecule has 0 bridgehead atoms. The van der Waals surface area contributed by atoms with Gasteiger partial charge in [0.25, 0.3) is 0 Å². The van der Waals surface area contributed by atoms with Gasteiger partial charge in [0.15, 0.2) is 11.8 Å². The molecule has 0 radical (unpaired) electrons. The lowest BCUT2D eigenvalue weighted by Gasteiger charge is -2.17. The molecule has 0 amide bonds. The van der Waals surface area contributed by atoms with Gasteiger partial charge in [-0.15, -0.1) is 45.9 Å². The Hall–Kier alpha value is -1.29. The van der Waals surface area contributed by atoms with Crippen molar-refractivity contribution in [2.24, 2.45) is 12.0 Å². The molecule has 2 N–H and O–H groups in total.